The Morgan fingerprint density at radius 3 is 2.65 bits per heavy atom. The van der Waals surface area contributed by atoms with E-state index in [4.69, 9.17) is 0 Å². The zero-order valence-electron chi connectivity index (χ0n) is 10.4. The maximum absolute atomic E-state index is 11.2. The number of sulfone groups is 1. The molecule has 98 valence electrons. The molecule has 0 radical (unpaired) electrons. The Labute approximate surface area is 107 Å². The van der Waals surface area contributed by atoms with Crippen molar-refractivity contribution in [1.29, 1.82) is 0 Å². The van der Waals surface area contributed by atoms with Gasteiger partial charge in [-0.2, -0.15) is 0 Å². The van der Waals surface area contributed by atoms with Gasteiger partial charge in [0, 0.05) is 12.3 Å². The van der Waals surface area contributed by atoms with Gasteiger partial charge in [0.1, 0.15) is 9.84 Å². The third kappa shape index (κ3) is 4.69. The number of rotatable bonds is 7. The Balaban J connectivity index is 2.78. The maximum Gasteiger partial charge on any atom is 0.147 e. The van der Waals surface area contributed by atoms with E-state index in [0.29, 0.717) is 6.42 Å². The monoisotopic (exact) mass is 277 g/mol. The Morgan fingerprint density at radius 2 is 2.12 bits per heavy atom. The van der Waals surface area contributed by atoms with Gasteiger partial charge in [0.05, 0.1) is 16.3 Å². The minimum Gasteiger partial charge on any atom is -0.309 e. The van der Waals surface area contributed by atoms with Crippen LogP contribution >= 0.6 is 11.5 Å². The number of nitrogens with one attached hydrogen (secondary N) is 1. The minimum absolute atomic E-state index is 0.0460. The summed E-state index contributed by atoms with van der Waals surface area (Å²) in [5.41, 5.74) is 0.967. The summed E-state index contributed by atoms with van der Waals surface area (Å²) in [6.45, 7) is 4.84. The lowest BCUT2D eigenvalue weighted by Crippen LogP contribution is -2.23. The van der Waals surface area contributed by atoms with Crippen molar-refractivity contribution in [2.45, 2.75) is 32.7 Å². The first-order chi connectivity index (χ1) is 7.98. The number of hydrogen-bond donors (Lipinski definition) is 1. The lowest BCUT2D eigenvalue weighted by atomic mass is 10.1. The SMILES string of the molecule is CCNC(CCS(C)(=O)=O)c1snnc1CC. The third-order valence-corrected chi connectivity index (χ3v) is 4.32. The smallest absolute Gasteiger partial charge is 0.147 e. The summed E-state index contributed by atoms with van der Waals surface area (Å²) in [5, 5.41) is 7.36. The molecule has 0 aliphatic rings. The van der Waals surface area contributed by atoms with E-state index in [9.17, 15) is 8.42 Å². The molecule has 1 rings (SSSR count). The molecule has 0 aliphatic heterocycles. The summed E-state index contributed by atoms with van der Waals surface area (Å²) in [7, 11) is -2.92. The predicted octanol–water partition coefficient (Wildman–Crippen LogP) is 1.19. The van der Waals surface area contributed by atoms with Crippen LogP contribution in [0.2, 0.25) is 0 Å². The van der Waals surface area contributed by atoms with Crippen LogP contribution in [0, 0.1) is 0 Å². The summed E-state index contributed by atoms with van der Waals surface area (Å²) >= 11 is 1.35. The average Bonchev–Trinajstić information content (AvgIpc) is 2.70. The van der Waals surface area contributed by atoms with E-state index in [1.54, 1.807) is 0 Å². The molecular weight excluding hydrogens is 258 g/mol. The number of aryl methyl sites for hydroxylation is 1. The molecule has 0 saturated carbocycles. The highest BCUT2D eigenvalue weighted by Crippen LogP contribution is 2.24. The van der Waals surface area contributed by atoms with Gasteiger partial charge in [-0.05, 0) is 30.9 Å². The highest BCUT2D eigenvalue weighted by molar-refractivity contribution is 7.90. The van der Waals surface area contributed by atoms with Crippen molar-refractivity contribution in [2.75, 3.05) is 18.6 Å². The first-order valence-corrected chi connectivity index (χ1v) is 8.53. The molecule has 0 fully saturated rings. The fourth-order valence-corrected chi connectivity index (χ4v) is 3.14. The Kier molecular flexibility index (Phi) is 5.48. The lowest BCUT2D eigenvalue weighted by molar-refractivity contribution is 0.532. The van der Waals surface area contributed by atoms with Crippen LogP contribution in [-0.4, -0.2) is 36.6 Å². The molecule has 1 unspecified atom stereocenters. The normalized spacial score (nSPS) is 13.8. The van der Waals surface area contributed by atoms with Crippen molar-refractivity contribution in [3.05, 3.63) is 10.6 Å². The lowest BCUT2D eigenvalue weighted by Gasteiger charge is -2.16. The van der Waals surface area contributed by atoms with Crippen molar-refractivity contribution < 1.29 is 8.42 Å². The summed E-state index contributed by atoms with van der Waals surface area (Å²) in [6.07, 6.45) is 2.66. The minimum atomic E-state index is -2.92. The van der Waals surface area contributed by atoms with Crippen molar-refractivity contribution in [1.82, 2.24) is 14.9 Å². The zero-order chi connectivity index (χ0) is 12.9. The largest absolute Gasteiger partial charge is 0.309 e. The van der Waals surface area contributed by atoms with E-state index in [1.807, 2.05) is 13.8 Å². The molecule has 5 nitrogen and oxygen atoms in total. The molecule has 0 aliphatic carbocycles. The molecule has 1 atom stereocenters. The van der Waals surface area contributed by atoms with Crippen molar-refractivity contribution in [2.24, 2.45) is 0 Å². The van der Waals surface area contributed by atoms with Crippen LogP contribution < -0.4 is 5.32 Å². The summed E-state index contributed by atoms with van der Waals surface area (Å²) in [4.78, 5) is 1.07. The van der Waals surface area contributed by atoms with Crippen LogP contribution in [0.5, 0.6) is 0 Å². The van der Waals surface area contributed by atoms with Crippen LogP contribution in [0.1, 0.15) is 36.9 Å². The zero-order valence-corrected chi connectivity index (χ0v) is 12.1. The quantitative estimate of drug-likeness (QED) is 0.810. The molecule has 7 heteroatoms. The Morgan fingerprint density at radius 1 is 1.41 bits per heavy atom. The average molecular weight is 277 g/mol. The molecule has 1 N–H and O–H groups in total. The van der Waals surface area contributed by atoms with E-state index >= 15 is 0 Å². The van der Waals surface area contributed by atoms with Crippen LogP contribution in [0.4, 0.5) is 0 Å². The highest BCUT2D eigenvalue weighted by Gasteiger charge is 2.19. The highest BCUT2D eigenvalue weighted by atomic mass is 32.2. The van der Waals surface area contributed by atoms with Gasteiger partial charge in [0.2, 0.25) is 0 Å². The standard InChI is InChI=1S/C10H19N3O2S2/c1-4-8-10(16-13-12-8)9(11-5-2)6-7-17(3,14)15/h9,11H,4-7H2,1-3H3. The van der Waals surface area contributed by atoms with Gasteiger partial charge in [-0.3, -0.25) is 0 Å². The fourth-order valence-electron chi connectivity index (χ4n) is 1.63. The van der Waals surface area contributed by atoms with Gasteiger partial charge < -0.3 is 5.32 Å². The molecule has 1 aromatic rings. The second-order valence-corrected chi connectivity index (χ2v) is 7.01. The Bertz CT molecular complexity index is 442. The predicted molar refractivity (Wildman–Crippen MR) is 70.0 cm³/mol. The maximum atomic E-state index is 11.2. The van der Waals surface area contributed by atoms with E-state index in [2.05, 4.69) is 14.9 Å². The van der Waals surface area contributed by atoms with Crippen molar-refractivity contribution in [3.63, 3.8) is 0 Å². The van der Waals surface area contributed by atoms with Gasteiger partial charge in [0.25, 0.3) is 0 Å². The topological polar surface area (TPSA) is 72.0 Å². The van der Waals surface area contributed by atoms with Crippen LogP contribution in [0.3, 0.4) is 0 Å². The molecule has 0 saturated heterocycles. The molecule has 0 aromatic carbocycles. The van der Waals surface area contributed by atoms with Gasteiger partial charge in [0.15, 0.2) is 0 Å². The Hall–Kier alpha value is -0.530. The molecule has 0 bridgehead atoms. The third-order valence-electron chi connectivity index (χ3n) is 2.46. The second-order valence-electron chi connectivity index (χ2n) is 3.97. The van der Waals surface area contributed by atoms with Crippen molar-refractivity contribution >= 4 is 21.4 Å². The molecule has 1 heterocycles. The molecular formula is C10H19N3O2S2. The van der Waals surface area contributed by atoms with Crippen molar-refractivity contribution in [3.8, 4) is 0 Å². The van der Waals surface area contributed by atoms with Gasteiger partial charge in [-0.15, -0.1) is 5.10 Å². The fraction of sp³-hybridized carbons (Fsp3) is 0.800. The summed E-state index contributed by atoms with van der Waals surface area (Å²) in [5.74, 6) is 0.186. The van der Waals surface area contributed by atoms with E-state index in [-0.39, 0.29) is 11.8 Å². The summed E-state index contributed by atoms with van der Waals surface area (Å²) < 4.78 is 26.4. The van der Waals surface area contributed by atoms with Gasteiger partial charge in [-0.25, -0.2) is 8.42 Å². The van der Waals surface area contributed by atoms with Crippen LogP contribution in [-0.2, 0) is 16.3 Å². The first kappa shape index (κ1) is 14.5. The second kappa shape index (κ2) is 6.42. The molecule has 1 aromatic heterocycles. The molecule has 0 spiro atoms. The molecule has 0 amide bonds. The number of hydrogen-bond acceptors (Lipinski definition) is 6. The first-order valence-electron chi connectivity index (χ1n) is 5.70. The van der Waals surface area contributed by atoms with E-state index in [0.717, 1.165) is 23.5 Å². The number of nitrogens with zero attached hydrogens (tertiary/aromatic N) is 2. The number of aromatic nitrogens is 2. The van der Waals surface area contributed by atoms with Crippen LogP contribution in [0.25, 0.3) is 0 Å². The van der Waals surface area contributed by atoms with Gasteiger partial charge in [-0.1, -0.05) is 18.3 Å². The summed E-state index contributed by atoms with van der Waals surface area (Å²) in [6, 6.07) is 0.0460. The van der Waals surface area contributed by atoms with E-state index < -0.39 is 9.84 Å². The van der Waals surface area contributed by atoms with Gasteiger partial charge >= 0.3 is 0 Å². The van der Waals surface area contributed by atoms with Crippen LogP contribution in [0.15, 0.2) is 0 Å². The van der Waals surface area contributed by atoms with E-state index in [1.165, 1.54) is 17.8 Å². The molecule has 17 heavy (non-hydrogen) atoms.